The SMILES string of the molecule is CCN(CC(=O)NC(C)C)C(=O)c1ccccc1Oc1ccccc1. The summed E-state index contributed by atoms with van der Waals surface area (Å²) in [6, 6.07) is 16.4. The molecule has 2 aromatic rings. The third-order valence-corrected chi connectivity index (χ3v) is 3.54. The van der Waals surface area contributed by atoms with Crippen LogP contribution >= 0.6 is 0 Å². The smallest absolute Gasteiger partial charge is 0.258 e. The number of hydrogen-bond donors (Lipinski definition) is 1. The standard InChI is InChI=1S/C20H24N2O3/c1-4-22(14-19(23)21-15(2)3)20(24)17-12-8-9-13-18(17)25-16-10-6-5-7-11-16/h5-13,15H,4,14H2,1-3H3,(H,21,23). The van der Waals surface area contributed by atoms with Crippen LogP contribution in [0.5, 0.6) is 11.5 Å². The summed E-state index contributed by atoms with van der Waals surface area (Å²) in [5.41, 5.74) is 0.436. The van der Waals surface area contributed by atoms with Crippen LogP contribution in [0.15, 0.2) is 54.6 Å². The molecule has 0 saturated heterocycles. The van der Waals surface area contributed by atoms with E-state index in [0.717, 1.165) is 0 Å². The number of carbonyl (C=O) groups excluding carboxylic acids is 2. The molecule has 0 aliphatic heterocycles. The molecule has 0 aromatic heterocycles. The molecule has 0 radical (unpaired) electrons. The van der Waals surface area contributed by atoms with E-state index in [1.54, 1.807) is 18.2 Å². The molecular weight excluding hydrogens is 316 g/mol. The summed E-state index contributed by atoms with van der Waals surface area (Å²) in [6.07, 6.45) is 0. The summed E-state index contributed by atoms with van der Waals surface area (Å²) >= 11 is 0. The molecule has 25 heavy (non-hydrogen) atoms. The van der Waals surface area contributed by atoms with Crippen molar-refractivity contribution in [1.82, 2.24) is 10.2 Å². The minimum atomic E-state index is -0.229. The molecule has 2 aromatic carbocycles. The zero-order valence-corrected chi connectivity index (χ0v) is 14.9. The van der Waals surface area contributed by atoms with Crippen molar-refractivity contribution in [3.63, 3.8) is 0 Å². The normalized spacial score (nSPS) is 10.4. The van der Waals surface area contributed by atoms with Crippen molar-refractivity contribution >= 4 is 11.8 Å². The number of rotatable bonds is 7. The molecule has 0 heterocycles. The van der Waals surface area contributed by atoms with Gasteiger partial charge in [0, 0.05) is 12.6 Å². The Morgan fingerprint density at radius 1 is 1.04 bits per heavy atom. The topological polar surface area (TPSA) is 58.6 Å². The van der Waals surface area contributed by atoms with Gasteiger partial charge in [-0.15, -0.1) is 0 Å². The van der Waals surface area contributed by atoms with Gasteiger partial charge in [0.2, 0.25) is 5.91 Å². The molecule has 0 atom stereocenters. The van der Waals surface area contributed by atoms with Crippen LogP contribution in [-0.4, -0.2) is 35.8 Å². The summed E-state index contributed by atoms with van der Waals surface area (Å²) in [5, 5.41) is 2.80. The van der Waals surface area contributed by atoms with Crippen molar-refractivity contribution in [1.29, 1.82) is 0 Å². The Hall–Kier alpha value is -2.82. The van der Waals surface area contributed by atoms with Crippen molar-refractivity contribution in [3.05, 3.63) is 60.2 Å². The molecule has 5 heteroatoms. The average Bonchev–Trinajstić information content (AvgIpc) is 2.60. The predicted octanol–water partition coefficient (Wildman–Crippen LogP) is 3.47. The number of likely N-dealkylation sites (N-methyl/N-ethyl adjacent to an activating group) is 1. The third-order valence-electron chi connectivity index (χ3n) is 3.54. The van der Waals surface area contributed by atoms with Crippen LogP contribution in [0.2, 0.25) is 0 Å². The molecule has 0 unspecified atom stereocenters. The van der Waals surface area contributed by atoms with Gasteiger partial charge in [0.25, 0.3) is 5.91 Å². The lowest BCUT2D eigenvalue weighted by molar-refractivity contribution is -0.122. The summed E-state index contributed by atoms with van der Waals surface area (Å²) in [7, 11) is 0. The molecule has 132 valence electrons. The highest BCUT2D eigenvalue weighted by Crippen LogP contribution is 2.26. The van der Waals surface area contributed by atoms with Crippen LogP contribution in [0.1, 0.15) is 31.1 Å². The number of benzene rings is 2. The lowest BCUT2D eigenvalue weighted by Gasteiger charge is -2.22. The van der Waals surface area contributed by atoms with E-state index in [-0.39, 0.29) is 24.4 Å². The molecule has 0 bridgehead atoms. The molecule has 2 amide bonds. The highest BCUT2D eigenvalue weighted by atomic mass is 16.5. The van der Waals surface area contributed by atoms with Gasteiger partial charge in [-0.05, 0) is 45.0 Å². The first-order valence-corrected chi connectivity index (χ1v) is 8.41. The lowest BCUT2D eigenvalue weighted by Crippen LogP contribution is -2.42. The number of amides is 2. The highest BCUT2D eigenvalue weighted by molar-refractivity contribution is 5.98. The van der Waals surface area contributed by atoms with Crippen LogP contribution in [0.4, 0.5) is 0 Å². The van der Waals surface area contributed by atoms with Crippen LogP contribution in [0, 0.1) is 0 Å². The Bertz CT molecular complexity index is 714. The number of para-hydroxylation sites is 2. The Labute approximate surface area is 148 Å². The Balaban J connectivity index is 2.18. The quantitative estimate of drug-likeness (QED) is 0.840. The molecule has 0 fully saturated rings. The molecule has 0 aliphatic carbocycles. The van der Waals surface area contributed by atoms with Gasteiger partial charge in [-0.25, -0.2) is 0 Å². The molecule has 2 rings (SSSR count). The average molecular weight is 340 g/mol. The summed E-state index contributed by atoms with van der Waals surface area (Å²) in [4.78, 5) is 26.4. The Kier molecular flexibility index (Phi) is 6.57. The highest BCUT2D eigenvalue weighted by Gasteiger charge is 2.21. The van der Waals surface area contributed by atoms with Gasteiger partial charge < -0.3 is 15.0 Å². The van der Waals surface area contributed by atoms with E-state index in [1.807, 2.05) is 57.2 Å². The van der Waals surface area contributed by atoms with E-state index in [1.165, 1.54) is 4.90 Å². The second-order valence-corrected chi connectivity index (χ2v) is 5.95. The molecule has 0 saturated carbocycles. The summed E-state index contributed by atoms with van der Waals surface area (Å²) in [5.74, 6) is 0.726. The van der Waals surface area contributed by atoms with E-state index in [2.05, 4.69) is 5.32 Å². The van der Waals surface area contributed by atoms with E-state index in [0.29, 0.717) is 23.6 Å². The molecule has 5 nitrogen and oxygen atoms in total. The molecule has 0 aliphatic rings. The summed E-state index contributed by atoms with van der Waals surface area (Å²) < 4.78 is 5.85. The minimum absolute atomic E-state index is 0.0210. The monoisotopic (exact) mass is 340 g/mol. The lowest BCUT2D eigenvalue weighted by atomic mass is 10.1. The number of ether oxygens (including phenoxy) is 1. The van der Waals surface area contributed by atoms with Gasteiger partial charge in [-0.3, -0.25) is 9.59 Å². The molecule has 0 spiro atoms. The minimum Gasteiger partial charge on any atom is -0.457 e. The van der Waals surface area contributed by atoms with E-state index >= 15 is 0 Å². The van der Waals surface area contributed by atoms with Gasteiger partial charge >= 0.3 is 0 Å². The van der Waals surface area contributed by atoms with Crippen molar-refractivity contribution in [2.24, 2.45) is 0 Å². The first-order valence-electron chi connectivity index (χ1n) is 8.41. The number of hydrogen-bond acceptors (Lipinski definition) is 3. The van der Waals surface area contributed by atoms with E-state index in [9.17, 15) is 9.59 Å². The number of nitrogens with one attached hydrogen (secondary N) is 1. The van der Waals surface area contributed by atoms with Crippen molar-refractivity contribution in [2.75, 3.05) is 13.1 Å². The van der Waals surface area contributed by atoms with Gasteiger partial charge in [-0.1, -0.05) is 30.3 Å². The zero-order chi connectivity index (χ0) is 18.2. The Morgan fingerprint density at radius 2 is 1.68 bits per heavy atom. The number of nitrogens with zero attached hydrogens (tertiary/aromatic N) is 1. The van der Waals surface area contributed by atoms with Crippen LogP contribution in [-0.2, 0) is 4.79 Å². The van der Waals surface area contributed by atoms with E-state index in [4.69, 9.17) is 4.74 Å². The second kappa shape index (κ2) is 8.87. The molecule has 1 N–H and O–H groups in total. The van der Waals surface area contributed by atoms with Crippen LogP contribution in [0.25, 0.3) is 0 Å². The summed E-state index contributed by atoms with van der Waals surface area (Å²) in [6.45, 7) is 6.08. The first kappa shape index (κ1) is 18.5. The maximum absolute atomic E-state index is 12.9. The zero-order valence-electron chi connectivity index (χ0n) is 14.9. The maximum Gasteiger partial charge on any atom is 0.258 e. The largest absolute Gasteiger partial charge is 0.457 e. The second-order valence-electron chi connectivity index (χ2n) is 5.95. The Morgan fingerprint density at radius 3 is 2.32 bits per heavy atom. The van der Waals surface area contributed by atoms with Crippen molar-refractivity contribution < 1.29 is 14.3 Å². The fraction of sp³-hybridized carbons (Fsp3) is 0.300. The fourth-order valence-corrected chi connectivity index (χ4v) is 2.39. The molecular formula is C20H24N2O3. The predicted molar refractivity (Wildman–Crippen MR) is 97.8 cm³/mol. The van der Waals surface area contributed by atoms with E-state index < -0.39 is 0 Å². The van der Waals surface area contributed by atoms with Crippen LogP contribution in [0.3, 0.4) is 0 Å². The van der Waals surface area contributed by atoms with Crippen molar-refractivity contribution in [2.45, 2.75) is 26.8 Å². The number of carbonyl (C=O) groups is 2. The fourth-order valence-electron chi connectivity index (χ4n) is 2.39. The first-order chi connectivity index (χ1) is 12.0. The van der Waals surface area contributed by atoms with Crippen molar-refractivity contribution in [3.8, 4) is 11.5 Å². The van der Waals surface area contributed by atoms with Crippen LogP contribution < -0.4 is 10.1 Å². The van der Waals surface area contributed by atoms with Gasteiger partial charge in [0.15, 0.2) is 0 Å². The maximum atomic E-state index is 12.9. The van der Waals surface area contributed by atoms with Gasteiger partial charge in [-0.2, -0.15) is 0 Å². The third kappa shape index (κ3) is 5.35. The van der Waals surface area contributed by atoms with Gasteiger partial charge in [0.1, 0.15) is 11.5 Å². The van der Waals surface area contributed by atoms with Gasteiger partial charge in [0.05, 0.1) is 12.1 Å².